The quantitative estimate of drug-likeness (QED) is 0.735. The minimum absolute atomic E-state index is 0.0345. The molecule has 2 fully saturated rings. The second-order valence-corrected chi connectivity index (χ2v) is 8.17. The van der Waals surface area contributed by atoms with Gasteiger partial charge in [0.1, 0.15) is 17.7 Å². The van der Waals surface area contributed by atoms with E-state index in [1.54, 1.807) is 20.8 Å². The van der Waals surface area contributed by atoms with Crippen LogP contribution in [-0.4, -0.2) is 82.4 Å². The first-order valence-electron chi connectivity index (χ1n) is 9.10. The van der Waals surface area contributed by atoms with Gasteiger partial charge < -0.3 is 20.1 Å². The van der Waals surface area contributed by atoms with Crippen molar-refractivity contribution in [3.8, 4) is 0 Å². The summed E-state index contributed by atoms with van der Waals surface area (Å²) < 4.78 is 43.8. The number of hydrogen-bond donors (Lipinski definition) is 2. The normalized spacial score (nSPS) is 27.0. The molecule has 2 aliphatic heterocycles. The molecule has 3 atom stereocenters. The van der Waals surface area contributed by atoms with E-state index in [-0.39, 0.29) is 25.9 Å². The van der Waals surface area contributed by atoms with E-state index in [0.29, 0.717) is 6.42 Å². The average Bonchev–Trinajstić information content (AvgIpc) is 2.90. The predicted octanol–water partition coefficient (Wildman–Crippen LogP) is 1.59. The number of carbonyl (C=O) groups excluding carboxylic acids is 2. The van der Waals surface area contributed by atoms with Crippen molar-refractivity contribution in [2.24, 2.45) is 0 Å². The third-order valence-electron chi connectivity index (χ3n) is 4.65. The van der Waals surface area contributed by atoms with Crippen molar-refractivity contribution in [3.05, 3.63) is 0 Å². The fourth-order valence-electron chi connectivity index (χ4n) is 3.64. The fraction of sp³-hybridized carbons (Fsp3) is 0.824. The molecule has 0 bridgehead atoms. The molecule has 160 valence electrons. The summed E-state index contributed by atoms with van der Waals surface area (Å²) in [7, 11) is 0. The number of carboxylic acid groups (broad SMARTS) is 1. The van der Waals surface area contributed by atoms with Gasteiger partial charge in [-0.05, 0) is 40.0 Å². The Morgan fingerprint density at radius 2 is 1.86 bits per heavy atom. The summed E-state index contributed by atoms with van der Waals surface area (Å²) in [5, 5.41) is 11.7. The Labute approximate surface area is 161 Å². The maximum Gasteiger partial charge on any atom is 0.408 e. The van der Waals surface area contributed by atoms with Crippen LogP contribution in [0.2, 0.25) is 0 Å². The van der Waals surface area contributed by atoms with Gasteiger partial charge in [-0.15, -0.1) is 0 Å². The first-order valence-corrected chi connectivity index (χ1v) is 9.10. The van der Waals surface area contributed by atoms with Crippen molar-refractivity contribution in [2.75, 3.05) is 19.6 Å². The Morgan fingerprint density at radius 3 is 2.39 bits per heavy atom. The van der Waals surface area contributed by atoms with Crippen LogP contribution in [0.1, 0.15) is 40.0 Å². The first-order chi connectivity index (χ1) is 12.8. The zero-order valence-electron chi connectivity index (χ0n) is 16.1. The summed E-state index contributed by atoms with van der Waals surface area (Å²) in [4.78, 5) is 38.9. The number of carboxylic acids is 1. The van der Waals surface area contributed by atoms with E-state index in [0.717, 1.165) is 4.90 Å². The standard InChI is InChI=1S/C17H26F3N3O5/c1-16(2,3)28-15(27)21-11-8-22(9-17(18,19)20)7-6-10-4-5-12(14(25)26)23(10)13(11)24/h10-12H,4-9H2,1-3H3,(H,21,27)(H,25,26)/t10-,11+,12+/m1/s1. The molecule has 2 heterocycles. The highest BCUT2D eigenvalue weighted by molar-refractivity contribution is 5.90. The summed E-state index contributed by atoms with van der Waals surface area (Å²) in [5.41, 5.74) is -0.861. The summed E-state index contributed by atoms with van der Waals surface area (Å²) in [6.07, 6.45) is -4.55. The Kier molecular flexibility index (Phi) is 6.47. The number of alkyl carbamates (subject to hydrolysis) is 1. The highest BCUT2D eigenvalue weighted by atomic mass is 19.4. The minimum Gasteiger partial charge on any atom is -0.480 e. The Hall–Kier alpha value is -2.04. The molecular formula is C17H26F3N3O5. The number of aliphatic carboxylic acids is 1. The van der Waals surface area contributed by atoms with Crippen LogP contribution in [0.5, 0.6) is 0 Å². The average molecular weight is 409 g/mol. The smallest absolute Gasteiger partial charge is 0.408 e. The molecule has 28 heavy (non-hydrogen) atoms. The molecule has 0 unspecified atom stereocenters. The number of nitrogens with zero attached hydrogens (tertiary/aromatic N) is 2. The molecule has 0 saturated carbocycles. The highest BCUT2D eigenvalue weighted by Gasteiger charge is 2.46. The van der Waals surface area contributed by atoms with E-state index < -0.39 is 54.4 Å². The molecule has 0 aromatic heterocycles. The third kappa shape index (κ3) is 5.98. The molecule has 0 aromatic carbocycles. The molecule has 2 N–H and O–H groups in total. The molecule has 2 aliphatic rings. The lowest BCUT2D eigenvalue weighted by molar-refractivity contribution is -0.156. The maximum atomic E-state index is 13.0. The number of rotatable bonds is 3. The summed E-state index contributed by atoms with van der Waals surface area (Å²) >= 11 is 0. The van der Waals surface area contributed by atoms with Gasteiger partial charge in [-0.2, -0.15) is 13.2 Å². The maximum absolute atomic E-state index is 13.0. The van der Waals surface area contributed by atoms with Crippen molar-refractivity contribution >= 4 is 18.0 Å². The van der Waals surface area contributed by atoms with Crippen LogP contribution in [0.15, 0.2) is 0 Å². The van der Waals surface area contributed by atoms with Crippen LogP contribution in [0.4, 0.5) is 18.0 Å². The fourth-order valence-corrected chi connectivity index (χ4v) is 3.64. The molecular weight excluding hydrogens is 383 g/mol. The van der Waals surface area contributed by atoms with Gasteiger partial charge >= 0.3 is 18.2 Å². The number of halogens is 3. The number of carbonyl (C=O) groups is 3. The van der Waals surface area contributed by atoms with Crippen molar-refractivity contribution in [3.63, 3.8) is 0 Å². The first kappa shape index (κ1) is 22.3. The number of hydrogen-bond acceptors (Lipinski definition) is 5. The molecule has 2 rings (SSSR count). The van der Waals surface area contributed by atoms with Gasteiger partial charge in [-0.3, -0.25) is 9.69 Å². The van der Waals surface area contributed by atoms with Crippen LogP contribution in [-0.2, 0) is 14.3 Å². The minimum atomic E-state index is -4.46. The van der Waals surface area contributed by atoms with Gasteiger partial charge in [0.25, 0.3) is 0 Å². The summed E-state index contributed by atoms with van der Waals surface area (Å²) in [5.74, 6) is -1.87. The Morgan fingerprint density at radius 1 is 1.21 bits per heavy atom. The SMILES string of the molecule is CC(C)(C)OC(=O)N[C@H]1CN(CC(F)(F)F)CC[C@H]2CC[C@@H](C(=O)O)N2C1=O. The van der Waals surface area contributed by atoms with E-state index in [4.69, 9.17) is 4.74 Å². The van der Waals surface area contributed by atoms with Crippen LogP contribution in [0, 0.1) is 0 Å². The van der Waals surface area contributed by atoms with Crippen molar-refractivity contribution < 1.29 is 37.4 Å². The second kappa shape index (κ2) is 8.14. The van der Waals surface area contributed by atoms with Crippen molar-refractivity contribution in [1.82, 2.24) is 15.1 Å². The van der Waals surface area contributed by atoms with E-state index >= 15 is 0 Å². The number of ether oxygens (including phenoxy) is 1. The van der Waals surface area contributed by atoms with Crippen LogP contribution >= 0.6 is 0 Å². The van der Waals surface area contributed by atoms with E-state index in [9.17, 15) is 32.7 Å². The van der Waals surface area contributed by atoms with Gasteiger partial charge in [0, 0.05) is 19.1 Å². The number of fused-ring (bicyclic) bond motifs is 1. The predicted molar refractivity (Wildman–Crippen MR) is 91.6 cm³/mol. The topological polar surface area (TPSA) is 99.2 Å². The van der Waals surface area contributed by atoms with E-state index in [2.05, 4.69) is 5.32 Å². The van der Waals surface area contributed by atoms with Crippen LogP contribution < -0.4 is 5.32 Å². The lowest BCUT2D eigenvalue weighted by atomic mass is 10.1. The summed E-state index contributed by atoms with van der Waals surface area (Å²) in [6, 6.07) is -2.86. The zero-order chi connectivity index (χ0) is 21.3. The van der Waals surface area contributed by atoms with E-state index in [1.807, 2.05) is 0 Å². The van der Waals surface area contributed by atoms with Gasteiger partial charge in [0.15, 0.2) is 0 Å². The van der Waals surface area contributed by atoms with Gasteiger partial charge in [0.2, 0.25) is 5.91 Å². The van der Waals surface area contributed by atoms with Crippen LogP contribution in [0.25, 0.3) is 0 Å². The molecule has 2 amide bonds. The molecule has 2 saturated heterocycles. The third-order valence-corrected chi connectivity index (χ3v) is 4.65. The molecule has 0 spiro atoms. The van der Waals surface area contributed by atoms with Gasteiger partial charge in [-0.1, -0.05) is 0 Å². The monoisotopic (exact) mass is 409 g/mol. The molecule has 8 nitrogen and oxygen atoms in total. The van der Waals surface area contributed by atoms with Gasteiger partial charge in [0.05, 0.1) is 6.54 Å². The summed E-state index contributed by atoms with van der Waals surface area (Å²) in [6.45, 7) is 3.26. The molecule has 0 aliphatic carbocycles. The largest absolute Gasteiger partial charge is 0.480 e. The lowest BCUT2D eigenvalue weighted by Gasteiger charge is -2.38. The number of amides is 2. The number of nitrogens with one attached hydrogen (secondary N) is 1. The zero-order valence-corrected chi connectivity index (χ0v) is 16.1. The molecule has 11 heteroatoms. The molecule has 0 aromatic rings. The second-order valence-electron chi connectivity index (χ2n) is 8.17. The van der Waals surface area contributed by atoms with Crippen LogP contribution in [0.3, 0.4) is 0 Å². The van der Waals surface area contributed by atoms with Gasteiger partial charge in [-0.25, -0.2) is 9.59 Å². The van der Waals surface area contributed by atoms with Crippen molar-refractivity contribution in [2.45, 2.75) is 69.9 Å². The number of alkyl halides is 3. The Balaban J connectivity index is 2.25. The highest BCUT2D eigenvalue weighted by Crippen LogP contribution is 2.30. The van der Waals surface area contributed by atoms with Crippen molar-refractivity contribution in [1.29, 1.82) is 0 Å². The van der Waals surface area contributed by atoms with E-state index in [1.165, 1.54) is 4.90 Å². The lowest BCUT2D eigenvalue weighted by Crippen LogP contribution is -2.60. The Bertz CT molecular complexity index is 620. The molecule has 0 radical (unpaired) electrons.